The monoisotopic (exact) mass is 265 g/mol. The van der Waals surface area contributed by atoms with Gasteiger partial charge in [0.2, 0.25) is 0 Å². The third-order valence-electron chi connectivity index (χ3n) is 2.61. The normalized spacial score (nSPS) is 12.2. The molecular formula is C11H12ClN5O. The first-order valence-corrected chi connectivity index (χ1v) is 5.76. The molecule has 1 aromatic carbocycles. The molecule has 0 aliphatic carbocycles. The Bertz CT molecular complexity index is 555. The predicted molar refractivity (Wildman–Crippen MR) is 66.2 cm³/mol. The number of hydrogen-bond donors (Lipinski definition) is 2. The van der Waals surface area contributed by atoms with Crippen molar-refractivity contribution >= 4 is 17.5 Å². The molecule has 2 aromatic rings. The molecule has 1 aromatic heterocycles. The third kappa shape index (κ3) is 2.48. The van der Waals surface area contributed by atoms with Crippen LogP contribution in [0.25, 0.3) is 0 Å². The van der Waals surface area contributed by atoms with Gasteiger partial charge in [0.15, 0.2) is 5.82 Å². The van der Waals surface area contributed by atoms with E-state index >= 15 is 0 Å². The number of aromatic nitrogens is 4. The van der Waals surface area contributed by atoms with Crippen LogP contribution in [-0.2, 0) is 0 Å². The van der Waals surface area contributed by atoms with Crippen LogP contribution in [0, 0.1) is 6.92 Å². The zero-order valence-corrected chi connectivity index (χ0v) is 10.7. The molecule has 2 rings (SSSR count). The summed E-state index contributed by atoms with van der Waals surface area (Å²) in [5.41, 5.74) is 1.29. The first kappa shape index (κ1) is 12.5. The van der Waals surface area contributed by atoms with Crippen molar-refractivity contribution in [1.29, 1.82) is 0 Å². The minimum Gasteiger partial charge on any atom is -0.342 e. The first-order valence-electron chi connectivity index (χ1n) is 5.39. The molecule has 0 aliphatic rings. The average molecular weight is 266 g/mol. The van der Waals surface area contributed by atoms with E-state index in [2.05, 4.69) is 25.9 Å². The van der Waals surface area contributed by atoms with Crippen LogP contribution in [0.3, 0.4) is 0 Å². The van der Waals surface area contributed by atoms with Gasteiger partial charge >= 0.3 is 0 Å². The second-order valence-electron chi connectivity index (χ2n) is 3.88. The van der Waals surface area contributed by atoms with Crippen LogP contribution in [-0.4, -0.2) is 26.5 Å². The molecule has 0 aliphatic heterocycles. The molecule has 0 saturated heterocycles. The molecular weight excluding hydrogens is 254 g/mol. The molecule has 6 nitrogen and oxygen atoms in total. The van der Waals surface area contributed by atoms with Crippen LogP contribution in [0.15, 0.2) is 18.2 Å². The lowest BCUT2D eigenvalue weighted by Crippen LogP contribution is -2.28. The van der Waals surface area contributed by atoms with Crippen molar-refractivity contribution < 1.29 is 4.79 Å². The van der Waals surface area contributed by atoms with Gasteiger partial charge in [-0.25, -0.2) is 0 Å². The summed E-state index contributed by atoms with van der Waals surface area (Å²) in [6.45, 7) is 3.58. The van der Waals surface area contributed by atoms with Crippen molar-refractivity contribution in [3.8, 4) is 0 Å². The number of hydrogen-bond acceptors (Lipinski definition) is 4. The van der Waals surface area contributed by atoms with E-state index in [1.54, 1.807) is 32.0 Å². The summed E-state index contributed by atoms with van der Waals surface area (Å²) >= 11 is 5.97. The summed E-state index contributed by atoms with van der Waals surface area (Å²) < 4.78 is 0. The Morgan fingerprint density at radius 1 is 1.50 bits per heavy atom. The molecule has 0 saturated carbocycles. The van der Waals surface area contributed by atoms with Gasteiger partial charge in [-0.1, -0.05) is 22.9 Å². The fourth-order valence-corrected chi connectivity index (χ4v) is 1.72. The van der Waals surface area contributed by atoms with Gasteiger partial charge in [-0.2, -0.15) is 5.21 Å². The summed E-state index contributed by atoms with van der Waals surface area (Å²) in [6, 6.07) is 4.88. The van der Waals surface area contributed by atoms with Crippen molar-refractivity contribution in [1.82, 2.24) is 25.9 Å². The molecule has 0 fully saturated rings. The lowest BCUT2D eigenvalue weighted by atomic mass is 10.1. The fourth-order valence-electron chi connectivity index (χ4n) is 1.55. The lowest BCUT2D eigenvalue weighted by Gasteiger charge is -2.12. The van der Waals surface area contributed by atoms with Crippen LogP contribution in [0.2, 0.25) is 5.02 Å². The van der Waals surface area contributed by atoms with Crippen molar-refractivity contribution in [3.63, 3.8) is 0 Å². The smallest absolute Gasteiger partial charge is 0.252 e. The molecule has 0 spiro atoms. The van der Waals surface area contributed by atoms with Crippen molar-refractivity contribution in [2.24, 2.45) is 0 Å². The van der Waals surface area contributed by atoms with Gasteiger partial charge in [0.1, 0.15) is 0 Å². The SMILES string of the molecule is Cc1c(Cl)cccc1C(=O)NC(C)c1nn[nH]n1. The fraction of sp³-hybridized carbons (Fsp3) is 0.273. The number of aromatic amines is 1. The quantitative estimate of drug-likeness (QED) is 0.884. The molecule has 0 radical (unpaired) electrons. The van der Waals surface area contributed by atoms with Gasteiger partial charge in [-0.15, -0.1) is 10.2 Å². The van der Waals surface area contributed by atoms with E-state index in [9.17, 15) is 4.79 Å². The van der Waals surface area contributed by atoms with Gasteiger partial charge in [0, 0.05) is 10.6 Å². The molecule has 1 heterocycles. The highest BCUT2D eigenvalue weighted by atomic mass is 35.5. The Morgan fingerprint density at radius 2 is 2.28 bits per heavy atom. The van der Waals surface area contributed by atoms with Gasteiger partial charge < -0.3 is 5.32 Å². The number of amides is 1. The second kappa shape index (κ2) is 5.14. The Labute approximate surface area is 109 Å². The van der Waals surface area contributed by atoms with Crippen LogP contribution in [0.1, 0.15) is 34.7 Å². The minimum atomic E-state index is -0.324. The van der Waals surface area contributed by atoms with E-state index in [1.165, 1.54) is 0 Å². The highest BCUT2D eigenvalue weighted by molar-refractivity contribution is 6.31. The molecule has 2 N–H and O–H groups in total. The van der Waals surface area contributed by atoms with Gasteiger partial charge in [0.25, 0.3) is 5.91 Å². The second-order valence-corrected chi connectivity index (χ2v) is 4.28. The number of carbonyl (C=O) groups is 1. The molecule has 1 unspecified atom stereocenters. The maximum atomic E-state index is 12.1. The Morgan fingerprint density at radius 3 is 2.94 bits per heavy atom. The maximum Gasteiger partial charge on any atom is 0.252 e. The number of nitrogens with zero attached hydrogens (tertiary/aromatic N) is 3. The number of nitrogens with one attached hydrogen (secondary N) is 2. The Balaban J connectivity index is 2.15. The first-order chi connectivity index (χ1) is 8.59. The molecule has 1 amide bonds. The third-order valence-corrected chi connectivity index (χ3v) is 3.02. The van der Waals surface area contributed by atoms with Gasteiger partial charge in [-0.05, 0) is 31.5 Å². The summed E-state index contributed by atoms with van der Waals surface area (Å²) in [7, 11) is 0. The molecule has 7 heteroatoms. The number of tetrazole rings is 1. The number of rotatable bonds is 3. The van der Waals surface area contributed by atoms with Crippen molar-refractivity contribution in [3.05, 3.63) is 40.2 Å². The molecule has 0 bridgehead atoms. The van der Waals surface area contributed by atoms with Crippen LogP contribution >= 0.6 is 11.6 Å². The van der Waals surface area contributed by atoms with Gasteiger partial charge in [-0.3, -0.25) is 4.79 Å². The largest absolute Gasteiger partial charge is 0.342 e. The summed E-state index contributed by atoms with van der Waals surface area (Å²) in [5, 5.41) is 16.8. The zero-order chi connectivity index (χ0) is 13.1. The highest BCUT2D eigenvalue weighted by Crippen LogP contribution is 2.19. The number of halogens is 1. The van der Waals surface area contributed by atoms with E-state index < -0.39 is 0 Å². The molecule has 1 atom stereocenters. The van der Waals surface area contributed by atoms with Gasteiger partial charge in [0.05, 0.1) is 6.04 Å². The van der Waals surface area contributed by atoms with Crippen molar-refractivity contribution in [2.45, 2.75) is 19.9 Å². The minimum absolute atomic E-state index is 0.215. The molecule has 94 valence electrons. The lowest BCUT2D eigenvalue weighted by molar-refractivity contribution is 0.0937. The van der Waals surface area contributed by atoms with E-state index in [0.717, 1.165) is 5.56 Å². The summed E-state index contributed by atoms with van der Waals surface area (Å²) in [6.07, 6.45) is 0. The maximum absolute atomic E-state index is 12.1. The van der Waals surface area contributed by atoms with E-state index in [0.29, 0.717) is 16.4 Å². The number of H-pyrrole nitrogens is 1. The molecule has 18 heavy (non-hydrogen) atoms. The predicted octanol–water partition coefficient (Wildman–Crippen LogP) is 1.65. The van der Waals surface area contributed by atoms with Crippen LogP contribution in [0.4, 0.5) is 0 Å². The number of benzene rings is 1. The Hall–Kier alpha value is -1.95. The average Bonchev–Trinajstić information content (AvgIpc) is 2.86. The standard InChI is InChI=1S/C11H12ClN5O/c1-6-8(4-3-5-9(6)12)11(18)13-7(2)10-14-16-17-15-10/h3-5,7H,1-2H3,(H,13,18)(H,14,15,16,17). The number of carbonyl (C=O) groups excluding carboxylic acids is 1. The topological polar surface area (TPSA) is 83.6 Å². The van der Waals surface area contributed by atoms with E-state index in [-0.39, 0.29) is 11.9 Å². The highest BCUT2D eigenvalue weighted by Gasteiger charge is 2.16. The van der Waals surface area contributed by atoms with E-state index in [4.69, 9.17) is 11.6 Å². The zero-order valence-electron chi connectivity index (χ0n) is 9.94. The summed E-state index contributed by atoms with van der Waals surface area (Å²) in [5.74, 6) is 0.218. The van der Waals surface area contributed by atoms with E-state index in [1.807, 2.05) is 0 Å². The van der Waals surface area contributed by atoms with Crippen LogP contribution < -0.4 is 5.32 Å². The Kier molecular flexibility index (Phi) is 3.57. The van der Waals surface area contributed by atoms with Crippen molar-refractivity contribution in [2.75, 3.05) is 0 Å². The summed E-state index contributed by atoms with van der Waals surface area (Å²) in [4.78, 5) is 12.1. The van der Waals surface area contributed by atoms with Crippen LogP contribution in [0.5, 0.6) is 0 Å².